The van der Waals surface area contributed by atoms with E-state index >= 15 is 0 Å². The molecule has 156 valence electrons. The Labute approximate surface area is 177 Å². The smallest absolute Gasteiger partial charge is 0.231 e. The van der Waals surface area contributed by atoms with E-state index in [0.29, 0.717) is 12.8 Å². The van der Waals surface area contributed by atoms with Crippen molar-refractivity contribution in [2.24, 2.45) is 0 Å². The van der Waals surface area contributed by atoms with Crippen LogP contribution in [0.5, 0.6) is 5.75 Å². The molecule has 1 aliphatic heterocycles. The van der Waals surface area contributed by atoms with Gasteiger partial charge in [-0.05, 0) is 74.2 Å². The summed E-state index contributed by atoms with van der Waals surface area (Å²) in [6.45, 7) is 1.79. The van der Waals surface area contributed by atoms with Crippen molar-refractivity contribution < 1.29 is 14.3 Å². The van der Waals surface area contributed by atoms with E-state index in [4.69, 9.17) is 4.74 Å². The highest BCUT2D eigenvalue weighted by atomic mass is 16.5. The second-order valence-electron chi connectivity index (χ2n) is 7.84. The van der Waals surface area contributed by atoms with Crippen LogP contribution in [0.1, 0.15) is 52.0 Å². The molecule has 0 fully saturated rings. The van der Waals surface area contributed by atoms with E-state index in [1.54, 1.807) is 11.7 Å². The average molecular weight is 405 g/mol. The summed E-state index contributed by atoms with van der Waals surface area (Å²) >= 11 is 0. The molecule has 0 amide bonds. The number of ketones is 1. The van der Waals surface area contributed by atoms with Gasteiger partial charge in [0.1, 0.15) is 5.75 Å². The fourth-order valence-electron chi connectivity index (χ4n) is 4.23. The molecule has 5 nitrogen and oxygen atoms in total. The number of rotatable bonds is 10. The van der Waals surface area contributed by atoms with Gasteiger partial charge in [0, 0.05) is 30.0 Å². The van der Waals surface area contributed by atoms with Crippen molar-refractivity contribution in [1.29, 1.82) is 0 Å². The molecule has 2 aromatic carbocycles. The minimum Gasteiger partial charge on any atom is -0.496 e. The molecule has 3 aromatic rings. The lowest BCUT2D eigenvalue weighted by atomic mass is 9.96. The predicted octanol–water partition coefficient (Wildman–Crippen LogP) is 4.42. The molecule has 0 saturated heterocycles. The summed E-state index contributed by atoms with van der Waals surface area (Å²) in [7, 11) is 1.70. The SMILES string of the molecule is COc1ccccc1CCNCCCCC(=O)c1cc2c3c(ccn3C(=O)CC2)c1. The Kier molecular flexibility index (Phi) is 6.29. The van der Waals surface area contributed by atoms with Crippen LogP contribution in [0.2, 0.25) is 0 Å². The first-order valence-corrected chi connectivity index (χ1v) is 10.7. The van der Waals surface area contributed by atoms with Crippen LogP contribution < -0.4 is 10.1 Å². The maximum absolute atomic E-state index is 12.7. The summed E-state index contributed by atoms with van der Waals surface area (Å²) in [6, 6.07) is 13.9. The highest BCUT2D eigenvalue weighted by Gasteiger charge is 2.20. The number of ether oxygens (including phenoxy) is 1. The van der Waals surface area contributed by atoms with E-state index < -0.39 is 0 Å². The topological polar surface area (TPSA) is 60.3 Å². The number of aromatic nitrogens is 1. The lowest BCUT2D eigenvalue weighted by Crippen LogP contribution is -2.19. The summed E-state index contributed by atoms with van der Waals surface area (Å²) in [5, 5.41) is 4.44. The Bertz CT molecular complexity index is 1070. The zero-order valence-corrected chi connectivity index (χ0v) is 17.4. The molecule has 0 saturated carbocycles. The highest BCUT2D eigenvalue weighted by molar-refractivity contribution is 6.03. The fourth-order valence-corrected chi connectivity index (χ4v) is 4.23. The van der Waals surface area contributed by atoms with Crippen molar-refractivity contribution in [2.45, 2.75) is 38.5 Å². The number of hydrogen-bond donors (Lipinski definition) is 1. The number of aryl methyl sites for hydroxylation is 1. The molecule has 0 spiro atoms. The summed E-state index contributed by atoms with van der Waals surface area (Å²) in [4.78, 5) is 24.7. The Morgan fingerprint density at radius 1 is 1.10 bits per heavy atom. The van der Waals surface area contributed by atoms with Gasteiger partial charge in [0.15, 0.2) is 5.78 Å². The van der Waals surface area contributed by atoms with Gasteiger partial charge >= 0.3 is 0 Å². The zero-order chi connectivity index (χ0) is 20.9. The molecule has 4 rings (SSSR count). The number of carbonyl (C=O) groups excluding carboxylic acids is 2. The predicted molar refractivity (Wildman–Crippen MR) is 119 cm³/mol. The largest absolute Gasteiger partial charge is 0.496 e. The van der Waals surface area contributed by atoms with Gasteiger partial charge in [-0.1, -0.05) is 18.2 Å². The molecule has 1 aromatic heterocycles. The fraction of sp³-hybridized carbons (Fsp3) is 0.360. The van der Waals surface area contributed by atoms with E-state index in [9.17, 15) is 9.59 Å². The van der Waals surface area contributed by atoms with Crippen LogP contribution in [0.3, 0.4) is 0 Å². The molecule has 0 unspecified atom stereocenters. The summed E-state index contributed by atoms with van der Waals surface area (Å²) in [6.07, 6.45) is 6.36. The van der Waals surface area contributed by atoms with E-state index in [2.05, 4.69) is 11.4 Å². The number of hydrogen-bond acceptors (Lipinski definition) is 4. The standard InChI is InChI=1S/C25H28N2O3/c1-30-23-8-3-2-6-18(23)11-14-26-13-5-4-7-22(28)21-16-19-9-10-24(29)27-15-12-20(17-21)25(19)27/h2-3,6,8,12,15-17,26H,4-5,7,9-11,13-14H2,1H3. The first-order valence-electron chi connectivity index (χ1n) is 10.7. The third-order valence-electron chi connectivity index (χ3n) is 5.83. The zero-order valence-electron chi connectivity index (χ0n) is 17.4. The normalized spacial score (nSPS) is 13.0. The van der Waals surface area contributed by atoms with Gasteiger partial charge in [-0.15, -0.1) is 0 Å². The van der Waals surface area contributed by atoms with Crippen molar-refractivity contribution >= 4 is 22.6 Å². The summed E-state index contributed by atoms with van der Waals surface area (Å²) in [5.74, 6) is 1.25. The van der Waals surface area contributed by atoms with E-state index in [0.717, 1.165) is 66.6 Å². The molecule has 0 bridgehead atoms. The Morgan fingerprint density at radius 3 is 2.83 bits per heavy atom. The molecule has 5 heteroatoms. The number of unbranched alkanes of at least 4 members (excludes halogenated alkanes) is 1. The summed E-state index contributed by atoms with van der Waals surface area (Å²) in [5.41, 5.74) is 4.06. The number of carbonyl (C=O) groups is 2. The number of Topliss-reactive ketones (excluding diaryl/α,β-unsaturated/α-hetero) is 1. The minimum atomic E-state index is 0.134. The maximum Gasteiger partial charge on any atom is 0.231 e. The van der Waals surface area contributed by atoms with Gasteiger partial charge in [0.05, 0.1) is 12.6 Å². The van der Waals surface area contributed by atoms with Gasteiger partial charge in [-0.25, -0.2) is 0 Å². The number of methoxy groups -OCH3 is 1. The van der Waals surface area contributed by atoms with Crippen molar-refractivity contribution in [3.8, 4) is 5.75 Å². The molecule has 2 heterocycles. The highest BCUT2D eigenvalue weighted by Crippen LogP contribution is 2.28. The van der Waals surface area contributed by atoms with Crippen molar-refractivity contribution in [2.75, 3.05) is 20.2 Å². The van der Waals surface area contributed by atoms with Crippen molar-refractivity contribution in [3.63, 3.8) is 0 Å². The number of benzene rings is 2. The molecule has 0 atom stereocenters. The summed E-state index contributed by atoms with van der Waals surface area (Å²) < 4.78 is 7.10. The van der Waals surface area contributed by atoms with Crippen LogP contribution in [-0.4, -0.2) is 36.5 Å². The van der Waals surface area contributed by atoms with E-state index in [-0.39, 0.29) is 11.7 Å². The van der Waals surface area contributed by atoms with Crippen LogP contribution in [0.15, 0.2) is 48.7 Å². The first-order chi connectivity index (χ1) is 14.7. The lowest BCUT2D eigenvalue weighted by molar-refractivity contribution is 0.0903. The quantitative estimate of drug-likeness (QED) is 0.401. The van der Waals surface area contributed by atoms with Crippen LogP contribution in [0.4, 0.5) is 0 Å². The van der Waals surface area contributed by atoms with Gasteiger partial charge in [-0.3, -0.25) is 14.2 Å². The first kappa shape index (κ1) is 20.4. The van der Waals surface area contributed by atoms with Crippen LogP contribution in [0, 0.1) is 0 Å². The molecular weight excluding hydrogens is 376 g/mol. The Morgan fingerprint density at radius 2 is 1.97 bits per heavy atom. The molecule has 1 aliphatic rings. The number of para-hydroxylation sites is 1. The molecule has 0 radical (unpaired) electrons. The third-order valence-corrected chi connectivity index (χ3v) is 5.83. The van der Waals surface area contributed by atoms with Gasteiger partial charge < -0.3 is 10.1 Å². The van der Waals surface area contributed by atoms with E-state index in [1.807, 2.05) is 42.6 Å². The third kappa shape index (κ3) is 4.31. The lowest BCUT2D eigenvalue weighted by Gasteiger charge is -2.15. The van der Waals surface area contributed by atoms with Gasteiger partial charge in [-0.2, -0.15) is 0 Å². The molecule has 0 aliphatic carbocycles. The number of nitrogens with zero attached hydrogens (tertiary/aromatic N) is 1. The Balaban J connectivity index is 1.22. The van der Waals surface area contributed by atoms with E-state index in [1.165, 1.54) is 5.56 Å². The van der Waals surface area contributed by atoms with Crippen molar-refractivity contribution in [1.82, 2.24) is 9.88 Å². The van der Waals surface area contributed by atoms with Crippen molar-refractivity contribution in [3.05, 3.63) is 65.4 Å². The second-order valence-corrected chi connectivity index (χ2v) is 7.84. The second kappa shape index (κ2) is 9.26. The molecular formula is C25H28N2O3. The van der Waals surface area contributed by atoms with Gasteiger partial charge in [0.2, 0.25) is 5.91 Å². The molecule has 30 heavy (non-hydrogen) atoms. The molecule has 1 N–H and O–H groups in total. The maximum atomic E-state index is 12.7. The minimum absolute atomic E-state index is 0.134. The van der Waals surface area contributed by atoms with Crippen LogP contribution >= 0.6 is 0 Å². The Hall–Kier alpha value is -2.92. The monoisotopic (exact) mass is 404 g/mol. The van der Waals surface area contributed by atoms with Gasteiger partial charge in [0.25, 0.3) is 0 Å². The van der Waals surface area contributed by atoms with Crippen LogP contribution in [-0.2, 0) is 12.8 Å². The average Bonchev–Trinajstić information content (AvgIpc) is 3.21. The van der Waals surface area contributed by atoms with Crippen LogP contribution in [0.25, 0.3) is 10.9 Å². The number of nitrogens with one attached hydrogen (secondary N) is 1.